The van der Waals surface area contributed by atoms with Gasteiger partial charge < -0.3 is 9.42 Å². The van der Waals surface area contributed by atoms with E-state index in [1.165, 1.54) is 10.5 Å². The summed E-state index contributed by atoms with van der Waals surface area (Å²) in [6.45, 7) is 6.92. The number of nitrogens with zero attached hydrogens (tertiary/aromatic N) is 4. The van der Waals surface area contributed by atoms with Crippen molar-refractivity contribution in [3.8, 4) is 0 Å². The third-order valence-corrected chi connectivity index (χ3v) is 5.87. The number of hydrogen-bond donors (Lipinski definition) is 1. The Bertz CT molecular complexity index is 852. The van der Waals surface area contributed by atoms with Gasteiger partial charge in [-0.05, 0) is 19.4 Å². The normalized spacial score (nSPS) is 12.7. The molecule has 0 radical (unpaired) electrons. The fraction of sp³-hybridized carbons (Fsp3) is 0.450. The highest BCUT2D eigenvalue weighted by Gasteiger charge is 2.25. The number of quaternary nitrogens is 1. The lowest BCUT2D eigenvalue weighted by Crippen LogP contribution is -3.06. The van der Waals surface area contributed by atoms with Crippen LogP contribution in [0.3, 0.4) is 0 Å². The van der Waals surface area contributed by atoms with Crippen molar-refractivity contribution in [1.29, 1.82) is 0 Å². The topological polar surface area (TPSA) is 61.2 Å². The first-order chi connectivity index (χ1) is 13.0. The highest BCUT2D eigenvalue weighted by molar-refractivity contribution is 7.98. The van der Waals surface area contributed by atoms with Gasteiger partial charge in [0.15, 0.2) is 11.0 Å². The lowest BCUT2D eigenvalue weighted by atomic mass is 10.2. The fourth-order valence-electron chi connectivity index (χ4n) is 3.27. The molecule has 27 heavy (non-hydrogen) atoms. The minimum absolute atomic E-state index is 0.314. The van der Waals surface area contributed by atoms with Crippen molar-refractivity contribution in [2.45, 2.75) is 50.7 Å². The highest BCUT2D eigenvalue weighted by atomic mass is 32.2. The summed E-state index contributed by atoms with van der Waals surface area (Å²) in [5, 5.41) is 14.1. The lowest BCUT2D eigenvalue weighted by Gasteiger charge is -2.20. The molecule has 0 aliphatic rings. The molecule has 1 N–H and O–H groups in total. The van der Waals surface area contributed by atoms with Crippen LogP contribution in [0.1, 0.15) is 47.8 Å². The van der Waals surface area contributed by atoms with Gasteiger partial charge in [-0.1, -0.05) is 54.2 Å². The molecule has 2 heterocycles. The second-order valence-corrected chi connectivity index (χ2v) is 7.98. The third kappa shape index (κ3) is 4.42. The second kappa shape index (κ2) is 8.71. The van der Waals surface area contributed by atoms with Crippen LogP contribution in [-0.4, -0.2) is 34.0 Å². The van der Waals surface area contributed by atoms with Gasteiger partial charge in [0, 0.05) is 17.7 Å². The van der Waals surface area contributed by atoms with E-state index in [0.29, 0.717) is 6.04 Å². The van der Waals surface area contributed by atoms with Crippen molar-refractivity contribution >= 4 is 11.8 Å². The van der Waals surface area contributed by atoms with Gasteiger partial charge >= 0.3 is 0 Å². The van der Waals surface area contributed by atoms with Crippen LogP contribution in [0.25, 0.3) is 0 Å². The van der Waals surface area contributed by atoms with Crippen molar-refractivity contribution in [2.24, 2.45) is 0 Å². The first-order valence-corrected chi connectivity index (χ1v) is 10.3. The summed E-state index contributed by atoms with van der Waals surface area (Å²) in [5.74, 6) is 2.70. The maximum absolute atomic E-state index is 5.29. The lowest BCUT2D eigenvalue weighted by molar-refractivity contribution is -0.893. The monoisotopic (exact) mass is 386 g/mol. The largest absolute Gasteiger partial charge is 0.361 e. The molecule has 0 bridgehead atoms. The zero-order valence-corrected chi connectivity index (χ0v) is 17.5. The molecule has 0 fully saturated rings. The van der Waals surface area contributed by atoms with E-state index < -0.39 is 0 Å². The van der Waals surface area contributed by atoms with Crippen molar-refractivity contribution in [3.05, 3.63) is 58.7 Å². The molecule has 3 rings (SSSR count). The molecule has 144 valence electrons. The number of thioether (sulfide) groups is 1. The van der Waals surface area contributed by atoms with Gasteiger partial charge in [-0.2, -0.15) is 0 Å². The van der Waals surface area contributed by atoms with Crippen LogP contribution < -0.4 is 4.90 Å². The summed E-state index contributed by atoms with van der Waals surface area (Å²) in [4.78, 5) is 1.36. The molecule has 1 aromatic carbocycles. The number of aryl methyl sites for hydroxylation is 2. The second-order valence-electron chi connectivity index (χ2n) is 7.04. The smallest absolute Gasteiger partial charge is 0.192 e. The van der Waals surface area contributed by atoms with Crippen LogP contribution >= 0.6 is 11.8 Å². The van der Waals surface area contributed by atoms with Crippen molar-refractivity contribution in [1.82, 2.24) is 19.9 Å². The van der Waals surface area contributed by atoms with E-state index in [9.17, 15) is 0 Å². The Kier molecular flexibility index (Phi) is 6.34. The average molecular weight is 387 g/mol. The van der Waals surface area contributed by atoms with E-state index in [1.54, 1.807) is 11.8 Å². The van der Waals surface area contributed by atoms with Gasteiger partial charge in [0.25, 0.3) is 0 Å². The minimum atomic E-state index is 0.314. The zero-order valence-electron chi connectivity index (χ0n) is 16.7. The molecule has 0 spiro atoms. The van der Waals surface area contributed by atoms with Gasteiger partial charge in [0.2, 0.25) is 0 Å². The number of aromatic nitrogens is 4. The fourth-order valence-corrected chi connectivity index (χ4v) is 4.37. The summed E-state index contributed by atoms with van der Waals surface area (Å²) < 4.78 is 7.56. The molecule has 3 aromatic rings. The van der Waals surface area contributed by atoms with Crippen LogP contribution in [0.4, 0.5) is 0 Å². The van der Waals surface area contributed by atoms with Crippen molar-refractivity contribution < 1.29 is 9.42 Å². The third-order valence-electron chi connectivity index (χ3n) is 4.87. The maximum atomic E-state index is 5.29. The predicted molar refractivity (Wildman–Crippen MR) is 107 cm³/mol. The Labute approximate surface area is 165 Å². The first-order valence-electron chi connectivity index (χ1n) is 9.32. The molecule has 2 aromatic heterocycles. The van der Waals surface area contributed by atoms with Gasteiger partial charge in [0.05, 0.1) is 26.3 Å². The van der Waals surface area contributed by atoms with Crippen LogP contribution in [0, 0.1) is 13.8 Å². The minimum Gasteiger partial charge on any atom is -0.361 e. The summed E-state index contributed by atoms with van der Waals surface area (Å²) in [7, 11) is 4.35. The Morgan fingerprint density at radius 1 is 1.15 bits per heavy atom. The molecule has 0 saturated heterocycles. The summed E-state index contributed by atoms with van der Waals surface area (Å²) in [6.07, 6.45) is 1.02. The van der Waals surface area contributed by atoms with Crippen molar-refractivity contribution in [3.63, 3.8) is 0 Å². The van der Waals surface area contributed by atoms with E-state index in [4.69, 9.17) is 4.52 Å². The Morgan fingerprint density at radius 3 is 2.48 bits per heavy atom. The number of hydrogen-bond acceptors (Lipinski definition) is 5. The maximum Gasteiger partial charge on any atom is 0.192 e. The van der Waals surface area contributed by atoms with Crippen molar-refractivity contribution in [2.75, 3.05) is 14.1 Å². The van der Waals surface area contributed by atoms with E-state index in [1.807, 2.05) is 19.9 Å². The number of nitrogens with one attached hydrogen (secondary N) is 1. The molecule has 7 heteroatoms. The molecule has 6 nitrogen and oxygen atoms in total. The van der Waals surface area contributed by atoms with Gasteiger partial charge in [-0.3, -0.25) is 4.57 Å². The molecule has 0 aliphatic carbocycles. The van der Waals surface area contributed by atoms with E-state index in [-0.39, 0.29) is 0 Å². The standard InChI is InChI=1S/C20H27N5OS/c1-6-18(24(4)5)19-21-22-20(25(19)12-16-10-8-7-9-11-16)27-13-17-14(2)23-26-15(17)3/h7-11,18H,6,12-13H2,1-5H3/p+1/t18-/m1/s1. The molecule has 1 atom stereocenters. The molecular formula is C20H28N5OS+. The number of benzene rings is 1. The predicted octanol–water partition coefficient (Wildman–Crippen LogP) is 2.82. The van der Waals surface area contributed by atoms with Gasteiger partial charge in [0.1, 0.15) is 11.8 Å². The van der Waals surface area contributed by atoms with Gasteiger partial charge in [-0.25, -0.2) is 0 Å². The Morgan fingerprint density at radius 2 is 1.89 bits per heavy atom. The molecule has 0 unspecified atom stereocenters. The van der Waals surface area contributed by atoms with E-state index in [2.05, 4.69) is 65.2 Å². The highest BCUT2D eigenvalue weighted by Crippen LogP contribution is 2.27. The summed E-state index contributed by atoms with van der Waals surface area (Å²) in [6, 6.07) is 10.8. The quantitative estimate of drug-likeness (QED) is 0.603. The molecule has 0 aliphatic heterocycles. The van der Waals surface area contributed by atoms with Crippen LogP contribution in [-0.2, 0) is 12.3 Å². The molecule has 0 saturated carbocycles. The average Bonchev–Trinajstić information content (AvgIpc) is 3.18. The Balaban J connectivity index is 1.91. The first kappa shape index (κ1) is 19.6. The van der Waals surface area contributed by atoms with Crippen LogP contribution in [0.2, 0.25) is 0 Å². The van der Waals surface area contributed by atoms with Gasteiger partial charge in [-0.15, -0.1) is 10.2 Å². The summed E-state index contributed by atoms with van der Waals surface area (Å²) in [5.41, 5.74) is 3.33. The number of rotatable bonds is 8. The molecular weight excluding hydrogens is 358 g/mol. The Hall–Kier alpha value is -2.12. The SMILES string of the molecule is CC[C@H](c1nnc(SCc2c(C)noc2C)n1Cc1ccccc1)[NH+](C)C. The van der Waals surface area contributed by atoms with Crippen LogP contribution in [0.15, 0.2) is 40.0 Å². The molecule has 0 amide bonds. The van der Waals surface area contributed by atoms with Crippen LogP contribution in [0.5, 0.6) is 0 Å². The zero-order chi connectivity index (χ0) is 19.4. The van der Waals surface area contributed by atoms with E-state index in [0.717, 1.165) is 46.7 Å². The van der Waals surface area contributed by atoms with E-state index >= 15 is 0 Å². The summed E-state index contributed by atoms with van der Waals surface area (Å²) >= 11 is 1.69.